The van der Waals surface area contributed by atoms with E-state index < -0.39 is 99.7 Å². The molecule has 0 saturated carbocycles. The Labute approximate surface area is 710 Å². The zero-order valence-corrected chi connectivity index (χ0v) is 77.2. The predicted octanol–water partition coefficient (Wildman–Crippen LogP) is 24.4. The molecular weight excluding hydrogens is 1490 g/mol. The fourth-order valence-corrected chi connectivity index (χ4v) is 16.8. The van der Waals surface area contributed by atoms with Crippen molar-refractivity contribution in [3.8, 4) is 0 Å². The standard InChI is InChI=1S/C89H167N2O17P.C6H15N/c1-7-13-19-25-31-37-43-49-55-63-76(103-82(95)66-58-52-46-40-34-28-22-16-10-4)70-80(93)90-86-88(107-85(98)72-78(65-57-51-45-39-33-27-21-15-9-3)105-84(97)68-60-54-48-42-36-30-24-18-12-6)87(108-109(99,100)101)79(73-92)106-89(86)102-74-75-62-61-69-91(75)81(94)71-77(64-56-50-44-38-32-26-20-14-8-2)104-83(96)67-59-53-47-41-35-29-23-17-11-5;1-4-7(5-2)6-3/h75-79,86-89,92H,7-74H2,1-6H3,(H,90,93)(H2,99,100,101);4-6H2,1-3H3/t75-,76+,77+,78+,79+,86+,87+,88+,89+;/m0./s1. The lowest BCUT2D eigenvalue weighted by atomic mass is 9.95. The lowest BCUT2D eigenvalue weighted by molar-refractivity contribution is -0.273. The summed E-state index contributed by atoms with van der Waals surface area (Å²) in [6, 6.07) is -2.10. The van der Waals surface area contributed by atoms with E-state index in [0.29, 0.717) is 70.8 Å². The van der Waals surface area contributed by atoms with Crippen LogP contribution in [-0.4, -0.2) is 155 Å². The van der Waals surface area contributed by atoms with E-state index in [1.165, 1.54) is 187 Å². The van der Waals surface area contributed by atoms with E-state index in [-0.39, 0.29) is 44.2 Å². The lowest BCUT2D eigenvalue weighted by Gasteiger charge is -2.45. The van der Waals surface area contributed by atoms with Gasteiger partial charge in [-0.05, 0) is 90.3 Å². The number of ether oxygens (including phenoxy) is 6. The number of nitrogens with one attached hydrogen (secondary N) is 1. The third kappa shape index (κ3) is 62.0. The summed E-state index contributed by atoms with van der Waals surface area (Å²) >= 11 is 0. The van der Waals surface area contributed by atoms with Crippen molar-refractivity contribution in [2.75, 3.05) is 39.4 Å². The first kappa shape index (κ1) is 111. The smallest absolute Gasteiger partial charge is 0.462 e. The van der Waals surface area contributed by atoms with Gasteiger partial charge in [0.2, 0.25) is 11.8 Å². The van der Waals surface area contributed by atoms with Crippen LogP contribution in [0.1, 0.15) is 480 Å². The zero-order chi connectivity index (χ0) is 85.2. The summed E-state index contributed by atoms with van der Waals surface area (Å²) in [5, 5.41) is 14.1. The van der Waals surface area contributed by atoms with Crippen LogP contribution in [0.2, 0.25) is 0 Å². The Kier molecular flexibility index (Phi) is 74.3. The summed E-state index contributed by atoms with van der Waals surface area (Å²) in [5.74, 6) is -2.91. The number of phosphoric ester groups is 1. The highest BCUT2D eigenvalue weighted by atomic mass is 31.2. The Hall–Kier alpha value is -3.23. The summed E-state index contributed by atoms with van der Waals surface area (Å²) < 4.78 is 56.5. The first-order valence-corrected chi connectivity index (χ1v) is 50.6. The van der Waals surface area contributed by atoms with Crippen LogP contribution in [0, 0.1) is 0 Å². The van der Waals surface area contributed by atoms with E-state index in [1.807, 2.05) is 0 Å². The molecule has 2 rings (SSSR count). The summed E-state index contributed by atoms with van der Waals surface area (Å²) in [7, 11) is -5.48. The number of hydrogen-bond acceptors (Lipinski definition) is 16. The Morgan fingerprint density at radius 2 is 0.724 bits per heavy atom. The van der Waals surface area contributed by atoms with E-state index in [0.717, 1.165) is 154 Å². The Morgan fingerprint density at radius 1 is 0.414 bits per heavy atom. The number of carbonyl (C=O) groups is 6. The fourth-order valence-electron chi connectivity index (χ4n) is 16.3. The first-order valence-electron chi connectivity index (χ1n) is 49.1. The van der Waals surface area contributed by atoms with E-state index in [2.05, 4.69) is 72.5 Å². The third-order valence-corrected chi connectivity index (χ3v) is 24.1. The van der Waals surface area contributed by atoms with Gasteiger partial charge in [0.25, 0.3) is 0 Å². The molecule has 20 nitrogen and oxygen atoms in total. The number of rotatable bonds is 80. The van der Waals surface area contributed by atoms with Gasteiger partial charge in [-0.15, -0.1) is 0 Å². The molecule has 0 aromatic rings. The molecule has 2 fully saturated rings. The van der Waals surface area contributed by atoms with Gasteiger partial charge in [0.05, 0.1) is 38.5 Å². The maximum atomic E-state index is 15.0. The molecule has 2 saturated heterocycles. The average Bonchev–Trinajstić information content (AvgIpc) is 1.47. The molecule has 4 N–H and O–H groups in total. The minimum absolute atomic E-state index is 0.0136. The molecule has 0 aliphatic carbocycles. The van der Waals surface area contributed by atoms with Gasteiger partial charge in [0.1, 0.15) is 36.6 Å². The second-order valence-corrected chi connectivity index (χ2v) is 35.4. The topological polar surface area (TPSA) is 263 Å². The molecule has 2 heterocycles. The maximum absolute atomic E-state index is 15.0. The molecular formula is C95H182N3O17P. The molecule has 0 spiro atoms. The van der Waals surface area contributed by atoms with Crippen molar-refractivity contribution in [1.29, 1.82) is 0 Å². The minimum Gasteiger partial charge on any atom is -0.462 e. The summed E-state index contributed by atoms with van der Waals surface area (Å²) in [6.45, 7) is 22.7. The molecule has 0 aromatic heterocycles. The molecule has 0 bridgehead atoms. The zero-order valence-electron chi connectivity index (χ0n) is 76.3. The van der Waals surface area contributed by atoms with Crippen LogP contribution in [0.25, 0.3) is 0 Å². The van der Waals surface area contributed by atoms with Gasteiger partial charge in [-0.3, -0.25) is 33.3 Å². The van der Waals surface area contributed by atoms with Crippen molar-refractivity contribution in [2.24, 2.45) is 0 Å². The predicted molar refractivity (Wildman–Crippen MR) is 473 cm³/mol. The minimum atomic E-state index is -5.48. The highest BCUT2D eigenvalue weighted by Gasteiger charge is 2.53. The quantitative estimate of drug-likeness (QED) is 0.0191. The number of nitrogens with zero attached hydrogens (tertiary/aromatic N) is 2. The number of carbonyl (C=O) groups excluding carboxylic acids is 6. The van der Waals surface area contributed by atoms with Crippen molar-refractivity contribution < 1.29 is 81.2 Å². The van der Waals surface area contributed by atoms with Crippen LogP contribution >= 0.6 is 7.82 Å². The van der Waals surface area contributed by atoms with Crippen LogP contribution in [0.4, 0.5) is 0 Å². The van der Waals surface area contributed by atoms with Crippen LogP contribution in [0.15, 0.2) is 0 Å². The number of unbranched alkanes of at least 4 members (excludes halogenated alkanes) is 48. The van der Waals surface area contributed by atoms with Gasteiger partial charge in [0, 0.05) is 25.8 Å². The van der Waals surface area contributed by atoms with E-state index in [4.69, 9.17) is 32.9 Å². The maximum Gasteiger partial charge on any atom is 0.470 e. The molecule has 2 aliphatic heterocycles. The highest BCUT2D eigenvalue weighted by molar-refractivity contribution is 7.46. The number of aliphatic hydroxyl groups is 1. The summed E-state index contributed by atoms with van der Waals surface area (Å²) in [6.07, 6.45) is 51.6. The Balaban J connectivity index is 0.00000915. The molecule has 2 amide bonds. The van der Waals surface area contributed by atoms with Crippen LogP contribution in [0.3, 0.4) is 0 Å². The summed E-state index contributed by atoms with van der Waals surface area (Å²) in [5.41, 5.74) is 0. The second kappa shape index (κ2) is 77.8. The molecule has 0 radical (unpaired) electrons. The molecule has 0 unspecified atom stereocenters. The fraction of sp³-hybridized carbons (Fsp3) is 0.937. The second-order valence-electron chi connectivity index (χ2n) is 34.2. The monoisotopic (exact) mass is 1670 g/mol. The van der Waals surface area contributed by atoms with Crippen LogP contribution in [-0.2, 0) is 66.3 Å². The molecule has 684 valence electrons. The van der Waals surface area contributed by atoms with E-state index >= 15 is 4.79 Å². The number of amides is 2. The van der Waals surface area contributed by atoms with Crippen molar-refractivity contribution in [2.45, 2.75) is 535 Å². The van der Waals surface area contributed by atoms with Gasteiger partial charge in [-0.2, -0.15) is 0 Å². The largest absolute Gasteiger partial charge is 0.470 e. The summed E-state index contributed by atoms with van der Waals surface area (Å²) in [4.78, 5) is 111. The Morgan fingerprint density at radius 3 is 1.03 bits per heavy atom. The lowest BCUT2D eigenvalue weighted by Crippen LogP contribution is -2.66. The van der Waals surface area contributed by atoms with Gasteiger partial charge < -0.3 is 58.4 Å². The van der Waals surface area contributed by atoms with Gasteiger partial charge in [-0.25, -0.2) is 4.57 Å². The van der Waals surface area contributed by atoms with Crippen molar-refractivity contribution in [1.82, 2.24) is 15.1 Å². The van der Waals surface area contributed by atoms with E-state index in [1.54, 1.807) is 4.90 Å². The molecule has 9 atom stereocenters. The molecule has 0 aromatic carbocycles. The van der Waals surface area contributed by atoms with Gasteiger partial charge in [-0.1, -0.05) is 371 Å². The molecule has 21 heteroatoms. The van der Waals surface area contributed by atoms with E-state index in [9.17, 15) is 43.4 Å². The first-order chi connectivity index (χ1) is 56.4. The van der Waals surface area contributed by atoms with Gasteiger partial charge >= 0.3 is 31.7 Å². The van der Waals surface area contributed by atoms with Crippen molar-refractivity contribution in [3.05, 3.63) is 0 Å². The number of aliphatic hydroxyl groups excluding tert-OH is 1. The molecule has 2 aliphatic rings. The van der Waals surface area contributed by atoms with Crippen molar-refractivity contribution in [3.63, 3.8) is 0 Å². The molecule has 116 heavy (non-hydrogen) atoms. The van der Waals surface area contributed by atoms with Crippen LogP contribution < -0.4 is 5.32 Å². The number of esters is 4. The van der Waals surface area contributed by atoms with Crippen molar-refractivity contribution >= 4 is 43.5 Å². The third-order valence-electron chi connectivity index (χ3n) is 23.6. The SMILES string of the molecule is CCCCCCCCCCCC(=O)O[C@H](CCCCCCCCCCC)CC(=O)N[C@H]1[C@H](OC[C@@H]2CCCN2C(=O)C[C@@H](CCCCCCCCCCC)OC(=O)CCCCCCCCCCC)O[C@H](CO)[C@@H](OP(=O)(O)O)[C@@H]1OC(=O)C[C@@H](CCCCCCCCCCC)OC(=O)CCCCCCCCCCC.CCN(CC)CC. The number of phosphoric acid groups is 1. The highest BCUT2D eigenvalue weighted by Crippen LogP contribution is 2.43. The number of likely N-dealkylation sites (tertiary alicyclic amines) is 1. The normalized spacial score (nSPS) is 17.7. The Bertz CT molecular complexity index is 2360. The average molecular weight is 1670 g/mol. The number of hydrogen-bond donors (Lipinski definition) is 4. The van der Waals surface area contributed by atoms with Crippen LogP contribution in [0.5, 0.6) is 0 Å². The van der Waals surface area contributed by atoms with Gasteiger partial charge in [0.15, 0.2) is 12.4 Å².